The van der Waals surface area contributed by atoms with Crippen LogP contribution in [0.1, 0.15) is 22.3 Å². The SMILES string of the molecule is c1ccc(N(c2ccc(-c3ccc4c(c3)C3(c5ccccc5-4)c4ccc5ccccc5c4Oc4c3ccc3ccccc43)cc2)c2cccc3sc4ccccc4c23)cc1. The van der Waals surface area contributed by atoms with Crippen LogP contribution < -0.4 is 9.64 Å². The summed E-state index contributed by atoms with van der Waals surface area (Å²) in [6.45, 7) is 0. The molecule has 10 aromatic carbocycles. The van der Waals surface area contributed by atoms with Crippen LogP contribution in [0.2, 0.25) is 0 Å². The number of benzene rings is 10. The van der Waals surface area contributed by atoms with Gasteiger partial charge in [0.05, 0.1) is 11.1 Å². The van der Waals surface area contributed by atoms with Gasteiger partial charge >= 0.3 is 0 Å². The van der Waals surface area contributed by atoms with Gasteiger partial charge in [0, 0.05) is 53.4 Å². The van der Waals surface area contributed by atoms with Gasteiger partial charge in [-0.1, -0.05) is 164 Å². The summed E-state index contributed by atoms with van der Waals surface area (Å²) in [5.74, 6) is 1.87. The summed E-state index contributed by atoms with van der Waals surface area (Å²) < 4.78 is 9.78. The summed E-state index contributed by atoms with van der Waals surface area (Å²) in [5, 5.41) is 7.16. The summed E-state index contributed by atoms with van der Waals surface area (Å²) >= 11 is 1.86. The van der Waals surface area contributed by atoms with Crippen molar-refractivity contribution in [1.29, 1.82) is 0 Å². The number of rotatable bonds is 4. The molecule has 0 bridgehead atoms. The van der Waals surface area contributed by atoms with Gasteiger partial charge in [0.2, 0.25) is 0 Å². The molecule has 1 aliphatic heterocycles. The first-order valence-electron chi connectivity index (χ1n) is 20.6. The quantitative estimate of drug-likeness (QED) is 0.176. The molecule has 11 aromatic rings. The van der Waals surface area contributed by atoms with Crippen molar-refractivity contribution in [2.75, 3.05) is 4.90 Å². The maximum atomic E-state index is 7.19. The number of fused-ring (bicyclic) bond motifs is 16. The molecule has 1 aromatic heterocycles. The molecule has 1 spiro atoms. The van der Waals surface area contributed by atoms with Gasteiger partial charge < -0.3 is 9.64 Å². The second-order valence-corrected chi connectivity index (χ2v) is 17.0. The van der Waals surface area contributed by atoms with Gasteiger partial charge in [-0.25, -0.2) is 0 Å². The van der Waals surface area contributed by atoms with Gasteiger partial charge in [-0.3, -0.25) is 0 Å². The molecule has 0 radical (unpaired) electrons. The lowest BCUT2D eigenvalue weighted by Gasteiger charge is -2.40. The Kier molecular flexibility index (Phi) is 7.13. The highest BCUT2D eigenvalue weighted by Crippen LogP contribution is 2.64. The number of para-hydroxylation sites is 1. The van der Waals surface area contributed by atoms with E-state index in [9.17, 15) is 0 Å². The second-order valence-electron chi connectivity index (χ2n) is 16.0. The van der Waals surface area contributed by atoms with E-state index in [1.54, 1.807) is 0 Å². The Morgan fingerprint density at radius 3 is 1.72 bits per heavy atom. The molecule has 0 saturated carbocycles. The minimum absolute atomic E-state index is 0.592. The summed E-state index contributed by atoms with van der Waals surface area (Å²) in [6.07, 6.45) is 0. The Morgan fingerprint density at radius 1 is 0.383 bits per heavy atom. The van der Waals surface area contributed by atoms with Crippen LogP contribution in [-0.2, 0) is 5.41 Å². The summed E-state index contributed by atoms with van der Waals surface area (Å²) in [6, 6.07) is 77.9. The molecule has 0 N–H and O–H groups in total. The lowest BCUT2D eigenvalue weighted by Crippen LogP contribution is -2.32. The zero-order valence-electron chi connectivity index (χ0n) is 32.5. The van der Waals surface area contributed by atoms with Crippen molar-refractivity contribution in [2.45, 2.75) is 5.41 Å². The van der Waals surface area contributed by atoms with E-state index in [1.807, 2.05) is 11.3 Å². The number of hydrogen-bond acceptors (Lipinski definition) is 3. The fraction of sp³-hybridized carbons (Fsp3) is 0.0175. The van der Waals surface area contributed by atoms with Crippen LogP contribution in [0.3, 0.4) is 0 Å². The molecule has 1 aliphatic carbocycles. The van der Waals surface area contributed by atoms with Gasteiger partial charge in [-0.2, -0.15) is 0 Å². The number of hydrogen-bond donors (Lipinski definition) is 0. The predicted molar refractivity (Wildman–Crippen MR) is 252 cm³/mol. The van der Waals surface area contributed by atoms with Crippen LogP contribution in [0.25, 0.3) is 64.0 Å². The van der Waals surface area contributed by atoms with Crippen LogP contribution in [0.15, 0.2) is 212 Å². The minimum Gasteiger partial charge on any atom is -0.455 e. The van der Waals surface area contributed by atoms with Crippen molar-refractivity contribution >= 4 is 70.1 Å². The monoisotopic (exact) mass is 781 g/mol. The highest BCUT2D eigenvalue weighted by molar-refractivity contribution is 7.26. The molecular weight excluding hydrogens is 747 g/mol. The third kappa shape index (κ3) is 4.64. The minimum atomic E-state index is -0.592. The number of nitrogens with zero attached hydrogens (tertiary/aromatic N) is 1. The molecule has 0 fully saturated rings. The Morgan fingerprint density at radius 2 is 0.967 bits per heavy atom. The lowest BCUT2D eigenvalue weighted by molar-refractivity contribution is 0.447. The summed E-state index contributed by atoms with van der Waals surface area (Å²) in [7, 11) is 0. The molecule has 280 valence electrons. The number of ether oxygens (including phenoxy) is 1. The summed E-state index contributed by atoms with van der Waals surface area (Å²) in [4.78, 5) is 2.41. The summed E-state index contributed by atoms with van der Waals surface area (Å²) in [5.41, 5.74) is 12.6. The first-order chi connectivity index (χ1) is 29.8. The Bertz CT molecular complexity index is 3440. The van der Waals surface area contributed by atoms with Crippen LogP contribution in [0.4, 0.5) is 17.1 Å². The van der Waals surface area contributed by atoms with Crippen LogP contribution in [-0.4, -0.2) is 0 Å². The van der Waals surface area contributed by atoms with E-state index < -0.39 is 5.41 Å². The smallest absolute Gasteiger partial charge is 0.140 e. The molecule has 13 rings (SSSR count). The molecule has 0 atom stereocenters. The largest absolute Gasteiger partial charge is 0.455 e. The Balaban J connectivity index is 1.02. The number of anilines is 3. The maximum Gasteiger partial charge on any atom is 0.140 e. The lowest BCUT2D eigenvalue weighted by atomic mass is 9.65. The molecule has 0 saturated heterocycles. The van der Waals surface area contributed by atoms with Crippen molar-refractivity contribution in [3.63, 3.8) is 0 Å². The standard InChI is InChI=1S/C57H35NOS/c1-2-15-40(16-3-1)58(51-22-12-24-53-54(51)46-20-9-11-23-52(46)60-53)41-30-25-36(26-31-41)39-27-32-45-44-19-8-10-21-47(44)57(50(45)35-39)48-33-28-37-13-4-6-17-42(37)55(48)59-56-43-18-7-5-14-38(43)29-34-49(56)57/h1-35H. The maximum absolute atomic E-state index is 7.19. The van der Waals surface area contributed by atoms with E-state index in [0.29, 0.717) is 0 Å². The van der Waals surface area contributed by atoms with Crippen LogP contribution >= 0.6 is 11.3 Å². The van der Waals surface area contributed by atoms with Gasteiger partial charge in [-0.15, -0.1) is 11.3 Å². The third-order valence-corrected chi connectivity index (χ3v) is 14.0. The molecule has 2 heterocycles. The molecule has 2 nitrogen and oxygen atoms in total. The normalized spacial score (nSPS) is 13.3. The van der Waals surface area contributed by atoms with E-state index in [0.717, 1.165) is 33.6 Å². The highest BCUT2D eigenvalue weighted by atomic mass is 32.1. The zero-order valence-corrected chi connectivity index (χ0v) is 33.3. The van der Waals surface area contributed by atoms with Crippen molar-refractivity contribution < 1.29 is 4.74 Å². The predicted octanol–water partition coefficient (Wildman–Crippen LogP) is 16.0. The van der Waals surface area contributed by atoms with E-state index in [4.69, 9.17) is 4.74 Å². The molecule has 60 heavy (non-hydrogen) atoms. The van der Waals surface area contributed by atoms with Crippen molar-refractivity contribution in [2.24, 2.45) is 0 Å². The molecule has 0 unspecified atom stereocenters. The van der Waals surface area contributed by atoms with E-state index in [-0.39, 0.29) is 0 Å². The average molecular weight is 782 g/mol. The van der Waals surface area contributed by atoms with E-state index >= 15 is 0 Å². The first kappa shape index (κ1) is 33.5. The topological polar surface area (TPSA) is 12.5 Å². The highest BCUT2D eigenvalue weighted by Gasteiger charge is 2.52. The number of thiophene rings is 1. The van der Waals surface area contributed by atoms with Crippen molar-refractivity contribution in [3.8, 4) is 33.8 Å². The second kappa shape index (κ2) is 12.8. The Labute approximate surface area is 351 Å². The zero-order chi connectivity index (χ0) is 39.4. The van der Waals surface area contributed by atoms with Gasteiger partial charge in [0.15, 0.2) is 0 Å². The van der Waals surface area contributed by atoms with Crippen molar-refractivity contribution in [1.82, 2.24) is 0 Å². The Hall–Kier alpha value is -7.46. The van der Waals surface area contributed by atoms with Crippen LogP contribution in [0, 0.1) is 0 Å². The van der Waals surface area contributed by atoms with Gasteiger partial charge in [0.1, 0.15) is 11.5 Å². The fourth-order valence-electron chi connectivity index (χ4n) is 10.3. The molecule has 2 aliphatic rings. The third-order valence-electron chi connectivity index (χ3n) is 12.9. The fourth-order valence-corrected chi connectivity index (χ4v) is 11.5. The van der Waals surface area contributed by atoms with Crippen LogP contribution in [0.5, 0.6) is 11.5 Å². The van der Waals surface area contributed by atoms with Gasteiger partial charge in [-0.05, 0) is 92.7 Å². The van der Waals surface area contributed by atoms with E-state index in [2.05, 4.69) is 217 Å². The average Bonchev–Trinajstić information content (AvgIpc) is 3.84. The molecular formula is C57H35NOS. The van der Waals surface area contributed by atoms with E-state index in [1.165, 1.54) is 81.1 Å². The molecule has 0 amide bonds. The first-order valence-corrected chi connectivity index (χ1v) is 21.4. The van der Waals surface area contributed by atoms with Crippen molar-refractivity contribution in [3.05, 3.63) is 235 Å². The molecule has 3 heteroatoms. The van der Waals surface area contributed by atoms with Gasteiger partial charge in [0.25, 0.3) is 0 Å².